The number of amides is 1. The van der Waals surface area contributed by atoms with Crippen molar-refractivity contribution in [3.63, 3.8) is 0 Å². The van der Waals surface area contributed by atoms with E-state index < -0.39 is 0 Å². The molecular weight excluding hydrogens is 494 g/mol. The molecule has 0 unspecified atom stereocenters. The van der Waals surface area contributed by atoms with Crippen molar-refractivity contribution in [1.29, 1.82) is 0 Å². The average molecular weight is 520 g/mol. The molecule has 2 heterocycles. The van der Waals surface area contributed by atoms with Gasteiger partial charge in [-0.3, -0.25) is 9.36 Å². The van der Waals surface area contributed by atoms with Crippen molar-refractivity contribution in [2.75, 3.05) is 27.1 Å². The number of aromatic nitrogens is 3. The fourth-order valence-electron chi connectivity index (χ4n) is 3.41. The molecule has 2 aromatic heterocycles. The molecule has 1 amide bonds. The van der Waals surface area contributed by atoms with Crippen LogP contribution in [0.25, 0.3) is 23.2 Å². The minimum absolute atomic E-state index is 0.0828. The van der Waals surface area contributed by atoms with E-state index >= 15 is 0 Å². The minimum atomic E-state index is -0.287. The van der Waals surface area contributed by atoms with Gasteiger partial charge < -0.3 is 18.6 Å². The Kier molecular flexibility index (Phi) is 8.61. The molecule has 4 aromatic rings. The molecule has 0 aliphatic heterocycles. The highest BCUT2D eigenvalue weighted by atomic mass is 32.2. The van der Waals surface area contributed by atoms with Gasteiger partial charge in [0.1, 0.15) is 5.76 Å². The first-order chi connectivity index (χ1) is 18.1. The third kappa shape index (κ3) is 6.19. The lowest BCUT2D eigenvalue weighted by Gasteiger charge is -2.15. The molecule has 37 heavy (non-hydrogen) atoms. The summed E-state index contributed by atoms with van der Waals surface area (Å²) in [5, 5.41) is 13.2. The van der Waals surface area contributed by atoms with E-state index in [4.69, 9.17) is 18.6 Å². The number of nitrogens with zero attached hydrogens (tertiary/aromatic N) is 4. The summed E-state index contributed by atoms with van der Waals surface area (Å²) in [6.45, 7) is 0. The highest BCUT2D eigenvalue weighted by Gasteiger charge is 2.21. The summed E-state index contributed by atoms with van der Waals surface area (Å²) in [5.41, 5.74) is 4.03. The van der Waals surface area contributed by atoms with E-state index in [1.165, 1.54) is 18.0 Å². The summed E-state index contributed by atoms with van der Waals surface area (Å²) in [4.78, 5) is 12.4. The fraction of sp³-hybridized carbons (Fsp3) is 0.154. The van der Waals surface area contributed by atoms with Gasteiger partial charge in [0.05, 0.1) is 33.3 Å². The highest BCUT2D eigenvalue weighted by Crippen LogP contribution is 2.41. The predicted molar refractivity (Wildman–Crippen MR) is 142 cm³/mol. The Morgan fingerprint density at radius 2 is 1.81 bits per heavy atom. The van der Waals surface area contributed by atoms with Crippen LogP contribution < -0.4 is 19.6 Å². The molecule has 0 saturated heterocycles. The molecule has 2 aromatic carbocycles. The van der Waals surface area contributed by atoms with Crippen LogP contribution in [-0.2, 0) is 4.79 Å². The van der Waals surface area contributed by atoms with Gasteiger partial charge in [-0.1, -0.05) is 30.0 Å². The molecule has 0 atom stereocenters. The largest absolute Gasteiger partial charge is 0.493 e. The molecule has 0 radical (unpaired) electrons. The maximum absolute atomic E-state index is 12.4. The number of para-hydroxylation sites is 1. The Bertz CT molecular complexity index is 1360. The second-order valence-corrected chi connectivity index (χ2v) is 8.31. The Labute approximate surface area is 217 Å². The number of carbonyl (C=O) groups excluding carboxylic acids is 1. The first kappa shape index (κ1) is 25.6. The number of rotatable bonds is 11. The third-order valence-corrected chi connectivity index (χ3v) is 5.99. The maximum Gasteiger partial charge on any atom is 0.250 e. The third-order valence-electron chi connectivity index (χ3n) is 5.06. The number of allylic oxidation sites excluding steroid dienone is 1. The number of hydrogen-bond acceptors (Lipinski definition) is 9. The van der Waals surface area contributed by atoms with Gasteiger partial charge in [-0.25, -0.2) is 5.43 Å². The van der Waals surface area contributed by atoms with Crippen molar-refractivity contribution in [2.24, 2.45) is 5.10 Å². The van der Waals surface area contributed by atoms with E-state index in [1.807, 2.05) is 41.0 Å². The number of nitrogens with one attached hydrogen (secondary N) is 1. The molecule has 0 spiro atoms. The van der Waals surface area contributed by atoms with E-state index in [0.29, 0.717) is 39.6 Å². The Morgan fingerprint density at radius 1 is 1.05 bits per heavy atom. The zero-order chi connectivity index (χ0) is 26.0. The monoisotopic (exact) mass is 519 g/mol. The van der Waals surface area contributed by atoms with Gasteiger partial charge >= 0.3 is 0 Å². The van der Waals surface area contributed by atoms with Crippen LogP contribution in [0.4, 0.5) is 0 Å². The smallest absolute Gasteiger partial charge is 0.250 e. The molecule has 0 bridgehead atoms. The number of hydrogen-bond donors (Lipinski definition) is 1. The average Bonchev–Trinajstić information content (AvgIpc) is 3.61. The van der Waals surface area contributed by atoms with Crippen LogP contribution in [0.5, 0.6) is 17.2 Å². The Hall–Kier alpha value is -4.51. The van der Waals surface area contributed by atoms with Crippen molar-refractivity contribution >= 4 is 30.0 Å². The molecule has 0 fully saturated rings. The van der Waals surface area contributed by atoms with Crippen LogP contribution in [0.2, 0.25) is 0 Å². The molecular formula is C26H25N5O5S. The Balaban J connectivity index is 1.55. The van der Waals surface area contributed by atoms with E-state index in [0.717, 1.165) is 5.69 Å². The summed E-state index contributed by atoms with van der Waals surface area (Å²) in [7, 11) is 4.65. The van der Waals surface area contributed by atoms with Crippen LogP contribution in [0.15, 0.2) is 81.6 Å². The lowest BCUT2D eigenvalue weighted by molar-refractivity contribution is -0.118. The molecule has 10 nitrogen and oxygen atoms in total. The number of benzene rings is 2. The lowest BCUT2D eigenvalue weighted by Crippen LogP contribution is -2.19. The lowest BCUT2D eigenvalue weighted by atomic mass is 10.1. The number of methoxy groups -OCH3 is 3. The van der Waals surface area contributed by atoms with Gasteiger partial charge in [0.15, 0.2) is 22.5 Å². The first-order valence-corrected chi connectivity index (χ1v) is 12.1. The summed E-state index contributed by atoms with van der Waals surface area (Å²) in [6.07, 6.45) is 6.45. The van der Waals surface area contributed by atoms with Crippen LogP contribution in [-0.4, -0.2) is 54.0 Å². The Morgan fingerprint density at radius 3 is 2.46 bits per heavy atom. The van der Waals surface area contributed by atoms with Gasteiger partial charge in [-0.05, 0) is 48.6 Å². The molecule has 4 rings (SSSR count). The summed E-state index contributed by atoms with van der Waals surface area (Å²) in [6, 6.07) is 16.8. The highest BCUT2D eigenvalue weighted by molar-refractivity contribution is 7.99. The topological polar surface area (TPSA) is 113 Å². The second-order valence-electron chi connectivity index (χ2n) is 7.37. The second kappa shape index (κ2) is 12.5. The van der Waals surface area contributed by atoms with Gasteiger partial charge in [0.25, 0.3) is 5.91 Å². The van der Waals surface area contributed by atoms with E-state index in [2.05, 4.69) is 20.7 Å². The van der Waals surface area contributed by atoms with Crippen LogP contribution in [0, 0.1) is 0 Å². The van der Waals surface area contributed by atoms with Gasteiger partial charge in [0.2, 0.25) is 5.75 Å². The number of ether oxygens (including phenoxy) is 3. The quantitative estimate of drug-likeness (QED) is 0.176. The normalized spacial score (nSPS) is 11.2. The molecule has 0 aliphatic rings. The summed E-state index contributed by atoms with van der Waals surface area (Å²) in [5.74, 6) is 2.50. The number of hydrazone groups is 1. The minimum Gasteiger partial charge on any atom is -0.493 e. The van der Waals surface area contributed by atoms with E-state index in [9.17, 15) is 4.79 Å². The maximum atomic E-state index is 12.4. The van der Waals surface area contributed by atoms with Crippen LogP contribution >= 0.6 is 11.8 Å². The summed E-state index contributed by atoms with van der Waals surface area (Å²) >= 11 is 1.24. The zero-order valence-corrected chi connectivity index (χ0v) is 21.3. The zero-order valence-electron chi connectivity index (χ0n) is 20.5. The van der Waals surface area contributed by atoms with Crippen LogP contribution in [0.3, 0.4) is 0 Å². The predicted octanol–water partition coefficient (Wildman–Crippen LogP) is 4.46. The van der Waals surface area contributed by atoms with Gasteiger partial charge in [-0.2, -0.15) is 5.10 Å². The van der Waals surface area contributed by atoms with Crippen molar-refractivity contribution in [3.8, 4) is 34.3 Å². The van der Waals surface area contributed by atoms with Gasteiger partial charge in [-0.15, -0.1) is 10.2 Å². The van der Waals surface area contributed by atoms with Crippen molar-refractivity contribution in [3.05, 3.63) is 72.7 Å². The fourth-order valence-corrected chi connectivity index (χ4v) is 4.15. The van der Waals surface area contributed by atoms with Crippen molar-refractivity contribution in [2.45, 2.75) is 5.16 Å². The van der Waals surface area contributed by atoms with Crippen molar-refractivity contribution in [1.82, 2.24) is 20.2 Å². The number of carbonyl (C=O) groups is 1. The summed E-state index contributed by atoms with van der Waals surface area (Å²) < 4.78 is 23.5. The van der Waals surface area contributed by atoms with E-state index in [1.54, 1.807) is 57.9 Å². The molecule has 0 saturated carbocycles. The standard InChI is InChI=1S/C26H25N5O5S/c1-33-21-15-18(16-22(34-2)24(21)35-3)25-29-30-26(31(25)19-9-5-4-6-10-19)37-17-23(32)28-27-13-7-11-20-12-8-14-36-20/h4-16H,17H2,1-3H3,(H,28,32)/b11-7-,27-13-. The molecule has 190 valence electrons. The van der Waals surface area contributed by atoms with Crippen molar-refractivity contribution < 1.29 is 23.4 Å². The van der Waals surface area contributed by atoms with Crippen LogP contribution in [0.1, 0.15) is 5.76 Å². The molecule has 11 heteroatoms. The van der Waals surface area contributed by atoms with Gasteiger partial charge in [0, 0.05) is 17.5 Å². The molecule has 0 aliphatic carbocycles. The first-order valence-electron chi connectivity index (χ1n) is 11.1. The number of furan rings is 1. The SMILES string of the molecule is COc1cc(-c2nnc(SCC(=O)N/N=C\C=C/c3ccco3)n2-c2ccccc2)cc(OC)c1OC. The molecule has 1 N–H and O–H groups in total. The number of thioether (sulfide) groups is 1. The van der Waals surface area contributed by atoms with E-state index in [-0.39, 0.29) is 11.7 Å².